The van der Waals surface area contributed by atoms with Gasteiger partial charge in [0, 0.05) is 22.6 Å². The fraction of sp³-hybridized carbons (Fsp3) is 0.0714. The molecule has 180 valence electrons. The first kappa shape index (κ1) is 24.7. The summed E-state index contributed by atoms with van der Waals surface area (Å²) in [6, 6.07) is 21.4. The van der Waals surface area contributed by atoms with Crippen LogP contribution in [-0.4, -0.2) is 29.5 Å². The SMILES string of the molecule is C=COC(=O)CCOc1ccc(-c2ccc(SC(=O)c3ccc(N4C(=O)C=CC4=O)cc3)cc2)cc1. The summed E-state index contributed by atoms with van der Waals surface area (Å²) in [6.45, 7) is 3.54. The lowest BCUT2D eigenvalue weighted by Crippen LogP contribution is -2.29. The molecule has 0 aromatic heterocycles. The van der Waals surface area contributed by atoms with Gasteiger partial charge in [0.1, 0.15) is 5.75 Å². The summed E-state index contributed by atoms with van der Waals surface area (Å²) in [6.07, 6.45) is 3.66. The van der Waals surface area contributed by atoms with Gasteiger partial charge in [0.25, 0.3) is 11.8 Å². The first-order valence-electron chi connectivity index (χ1n) is 11.0. The molecule has 0 N–H and O–H groups in total. The lowest BCUT2D eigenvalue weighted by molar-refractivity contribution is -0.138. The van der Waals surface area contributed by atoms with Crippen molar-refractivity contribution in [2.75, 3.05) is 11.5 Å². The first-order valence-corrected chi connectivity index (χ1v) is 11.8. The molecule has 7 nitrogen and oxygen atoms in total. The zero-order chi connectivity index (χ0) is 25.5. The van der Waals surface area contributed by atoms with E-state index >= 15 is 0 Å². The second-order valence-corrected chi connectivity index (χ2v) is 8.63. The molecule has 8 heteroatoms. The van der Waals surface area contributed by atoms with Crippen LogP contribution in [0.5, 0.6) is 5.75 Å². The van der Waals surface area contributed by atoms with Crippen molar-refractivity contribution in [2.45, 2.75) is 11.3 Å². The minimum Gasteiger partial charge on any atom is -0.493 e. The van der Waals surface area contributed by atoms with Gasteiger partial charge in [-0.2, -0.15) is 0 Å². The number of hydrogen-bond donors (Lipinski definition) is 0. The van der Waals surface area contributed by atoms with Gasteiger partial charge < -0.3 is 9.47 Å². The Hall–Kier alpha value is -4.43. The molecule has 0 aliphatic carbocycles. The monoisotopic (exact) mass is 499 g/mol. The number of benzene rings is 3. The second kappa shape index (κ2) is 11.3. The Morgan fingerprint density at radius 3 is 2.00 bits per heavy atom. The third-order valence-electron chi connectivity index (χ3n) is 5.21. The van der Waals surface area contributed by atoms with E-state index in [0.717, 1.165) is 38.9 Å². The Balaban J connectivity index is 1.32. The second-order valence-electron chi connectivity index (χ2n) is 7.59. The number of thioether (sulfide) groups is 1. The highest BCUT2D eigenvalue weighted by atomic mass is 32.2. The fourth-order valence-electron chi connectivity index (χ4n) is 3.43. The van der Waals surface area contributed by atoms with E-state index in [1.54, 1.807) is 24.3 Å². The quantitative estimate of drug-likeness (QED) is 0.174. The van der Waals surface area contributed by atoms with E-state index in [4.69, 9.17) is 4.74 Å². The summed E-state index contributed by atoms with van der Waals surface area (Å²) in [5, 5.41) is -0.148. The molecule has 4 rings (SSSR count). The van der Waals surface area contributed by atoms with Crippen LogP contribution in [-0.2, 0) is 19.1 Å². The summed E-state index contributed by atoms with van der Waals surface area (Å²) in [5.74, 6) is -0.561. The summed E-state index contributed by atoms with van der Waals surface area (Å²) in [5.41, 5.74) is 2.85. The maximum atomic E-state index is 12.7. The number of carbonyl (C=O) groups is 4. The Kier molecular flexibility index (Phi) is 7.77. The summed E-state index contributed by atoms with van der Waals surface area (Å²) in [7, 11) is 0. The van der Waals surface area contributed by atoms with E-state index in [1.165, 1.54) is 12.2 Å². The smallest absolute Gasteiger partial charge is 0.314 e. The molecule has 0 saturated carbocycles. The normalized spacial score (nSPS) is 12.5. The van der Waals surface area contributed by atoms with Crippen molar-refractivity contribution in [1.82, 2.24) is 0 Å². The van der Waals surface area contributed by atoms with Crippen molar-refractivity contribution >= 4 is 40.3 Å². The molecule has 36 heavy (non-hydrogen) atoms. The molecular weight excluding hydrogens is 478 g/mol. The fourth-order valence-corrected chi connectivity index (χ4v) is 4.17. The lowest BCUT2D eigenvalue weighted by Gasteiger charge is -2.13. The van der Waals surface area contributed by atoms with E-state index in [2.05, 4.69) is 11.3 Å². The van der Waals surface area contributed by atoms with Crippen molar-refractivity contribution < 1.29 is 28.7 Å². The van der Waals surface area contributed by atoms with Gasteiger partial charge in [0.15, 0.2) is 0 Å². The van der Waals surface area contributed by atoms with E-state index in [-0.39, 0.29) is 18.1 Å². The van der Waals surface area contributed by atoms with Crippen LogP contribution >= 0.6 is 11.8 Å². The largest absolute Gasteiger partial charge is 0.493 e. The van der Waals surface area contributed by atoms with Crippen LogP contribution in [0.1, 0.15) is 16.8 Å². The van der Waals surface area contributed by atoms with Gasteiger partial charge in [0.2, 0.25) is 5.12 Å². The molecular formula is C28H21NO6S. The number of carbonyl (C=O) groups excluding carboxylic acids is 4. The van der Waals surface area contributed by atoms with Gasteiger partial charge in [-0.05, 0) is 71.4 Å². The van der Waals surface area contributed by atoms with Crippen LogP contribution in [0.2, 0.25) is 0 Å². The number of rotatable bonds is 9. The van der Waals surface area contributed by atoms with E-state index in [1.807, 2.05) is 48.5 Å². The Labute approximate surface area is 212 Å². The van der Waals surface area contributed by atoms with Crippen LogP contribution in [0, 0.1) is 0 Å². The Morgan fingerprint density at radius 2 is 1.42 bits per heavy atom. The highest BCUT2D eigenvalue weighted by Gasteiger charge is 2.25. The summed E-state index contributed by atoms with van der Waals surface area (Å²) >= 11 is 1.09. The minimum absolute atomic E-state index is 0.130. The highest BCUT2D eigenvalue weighted by Crippen LogP contribution is 2.29. The first-order chi connectivity index (χ1) is 17.4. The molecule has 1 heterocycles. The number of ether oxygens (including phenoxy) is 2. The van der Waals surface area contributed by atoms with Crippen molar-refractivity contribution in [3.63, 3.8) is 0 Å². The number of hydrogen-bond acceptors (Lipinski definition) is 7. The van der Waals surface area contributed by atoms with Gasteiger partial charge in [0.05, 0.1) is 25.0 Å². The predicted octanol–water partition coefficient (Wildman–Crippen LogP) is 5.17. The molecule has 3 aromatic carbocycles. The van der Waals surface area contributed by atoms with Crippen LogP contribution in [0.25, 0.3) is 11.1 Å². The molecule has 0 unspecified atom stereocenters. The molecule has 3 aromatic rings. The molecule has 0 bridgehead atoms. The number of esters is 1. The zero-order valence-corrected chi connectivity index (χ0v) is 19.9. The minimum atomic E-state index is -0.401. The topological polar surface area (TPSA) is 90.0 Å². The number of amides is 2. The standard InChI is InChI=1S/C28H21NO6S/c1-2-34-27(32)17-18-35-23-11-5-19(6-12-23)20-7-13-24(14-8-20)36-28(33)21-3-9-22(10-4-21)29-25(30)15-16-26(29)31/h2-16H,1,17-18H2. The van der Waals surface area contributed by atoms with Crippen LogP contribution in [0.3, 0.4) is 0 Å². The Bertz CT molecular complexity index is 1310. The predicted molar refractivity (Wildman–Crippen MR) is 137 cm³/mol. The van der Waals surface area contributed by atoms with Crippen LogP contribution < -0.4 is 9.64 Å². The van der Waals surface area contributed by atoms with E-state index in [0.29, 0.717) is 17.0 Å². The molecule has 0 atom stereocenters. The third-order valence-corrected chi connectivity index (χ3v) is 6.14. The molecule has 1 aliphatic heterocycles. The molecule has 0 radical (unpaired) electrons. The molecule has 0 spiro atoms. The molecule has 0 saturated heterocycles. The highest BCUT2D eigenvalue weighted by molar-refractivity contribution is 8.14. The van der Waals surface area contributed by atoms with Gasteiger partial charge >= 0.3 is 5.97 Å². The van der Waals surface area contributed by atoms with Gasteiger partial charge in [-0.3, -0.25) is 19.2 Å². The van der Waals surface area contributed by atoms with E-state index < -0.39 is 17.8 Å². The average molecular weight is 500 g/mol. The van der Waals surface area contributed by atoms with Crippen molar-refractivity contribution in [1.29, 1.82) is 0 Å². The van der Waals surface area contributed by atoms with Crippen molar-refractivity contribution in [3.8, 4) is 16.9 Å². The van der Waals surface area contributed by atoms with Crippen LogP contribution in [0.4, 0.5) is 5.69 Å². The maximum Gasteiger partial charge on any atom is 0.314 e. The third kappa shape index (κ3) is 5.97. The van der Waals surface area contributed by atoms with Crippen LogP contribution in [0.15, 0.2) is 103 Å². The molecule has 2 amide bonds. The zero-order valence-electron chi connectivity index (χ0n) is 19.1. The molecule has 0 fully saturated rings. The van der Waals surface area contributed by atoms with Gasteiger partial charge in [-0.1, -0.05) is 30.8 Å². The van der Waals surface area contributed by atoms with Crippen molar-refractivity contribution in [2.24, 2.45) is 0 Å². The Morgan fingerprint density at radius 1 is 0.833 bits per heavy atom. The molecule has 1 aliphatic rings. The average Bonchev–Trinajstić information content (AvgIpc) is 3.23. The van der Waals surface area contributed by atoms with Gasteiger partial charge in [-0.25, -0.2) is 4.90 Å². The number of nitrogens with zero attached hydrogens (tertiary/aromatic N) is 1. The number of imide groups is 1. The van der Waals surface area contributed by atoms with Gasteiger partial charge in [-0.15, -0.1) is 0 Å². The number of anilines is 1. The lowest BCUT2D eigenvalue weighted by atomic mass is 10.1. The summed E-state index contributed by atoms with van der Waals surface area (Å²) < 4.78 is 10.2. The van der Waals surface area contributed by atoms with E-state index in [9.17, 15) is 19.2 Å². The summed E-state index contributed by atoms with van der Waals surface area (Å²) in [4.78, 5) is 49.4. The van der Waals surface area contributed by atoms with Crippen molar-refractivity contribution in [3.05, 3.63) is 103 Å². The maximum absolute atomic E-state index is 12.7.